The van der Waals surface area contributed by atoms with Gasteiger partial charge in [0.2, 0.25) is 5.95 Å². The molecular formula is C16H17ClN4O4S. The number of ether oxygens (including phenoxy) is 1. The molecule has 2 aromatic rings. The van der Waals surface area contributed by atoms with Crippen molar-refractivity contribution in [2.24, 2.45) is 0 Å². The highest BCUT2D eigenvalue weighted by atomic mass is 35.5. The number of hydrogen-bond donors (Lipinski definition) is 2. The molecule has 0 bridgehead atoms. The van der Waals surface area contributed by atoms with Gasteiger partial charge >= 0.3 is 0 Å². The Kier molecular flexibility index (Phi) is 5.28. The Balaban J connectivity index is 1.73. The van der Waals surface area contributed by atoms with Gasteiger partial charge in [-0.05, 0) is 30.7 Å². The topological polar surface area (TPSA) is 110 Å². The first-order valence-corrected chi connectivity index (χ1v) is 10.0. The van der Waals surface area contributed by atoms with Crippen LogP contribution in [0.2, 0.25) is 5.02 Å². The van der Waals surface area contributed by atoms with Crippen LogP contribution in [0.3, 0.4) is 0 Å². The molecule has 1 amide bonds. The number of carbonyl (C=O) groups excluding carboxylic acids is 1. The van der Waals surface area contributed by atoms with E-state index >= 15 is 0 Å². The van der Waals surface area contributed by atoms with E-state index in [9.17, 15) is 13.2 Å². The predicted molar refractivity (Wildman–Crippen MR) is 98.7 cm³/mol. The Bertz CT molecular complexity index is 936. The maximum Gasteiger partial charge on any atom is 0.274 e. The number of methoxy groups -OCH3 is 1. The summed E-state index contributed by atoms with van der Waals surface area (Å²) in [5.74, 6) is 0.380. The fourth-order valence-electron chi connectivity index (χ4n) is 2.61. The number of hydrogen-bond acceptors (Lipinski definition) is 7. The van der Waals surface area contributed by atoms with Crippen LogP contribution in [0.25, 0.3) is 0 Å². The average Bonchev–Trinajstić information content (AvgIpc) is 2.94. The molecule has 1 aromatic heterocycles. The van der Waals surface area contributed by atoms with Crippen molar-refractivity contribution in [1.29, 1.82) is 0 Å². The summed E-state index contributed by atoms with van der Waals surface area (Å²) in [6, 6.07) is 6.07. The van der Waals surface area contributed by atoms with Crippen molar-refractivity contribution in [1.82, 2.24) is 9.97 Å². The molecule has 26 heavy (non-hydrogen) atoms. The molecule has 1 unspecified atom stereocenters. The normalized spacial score (nSPS) is 18.3. The van der Waals surface area contributed by atoms with E-state index in [-0.39, 0.29) is 29.2 Å². The fourth-order valence-corrected chi connectivity index (χ4v) is 4.46. The lowest BCUT2D eigenvalue weighted by Gasteiger charge is -2.12. The second-order valence-corrected chi connectivity index (χ2v) is 8.47. The molecule has 2 heterocycles. The number of amides is 1. The molecule has 10 heteroatoms. The van der Waals surface area contributed by atoms with Gasteiger partial charge in [0.25, 0.3) is 5.91 Å². The van der Waals surface area contributed by atoms with E-state index in [0.717, 1.165) is 0 Å². The van der Waals surface area contributed by atoms with Crippen LogP contribution >= 0.6 is 11.6 Å². The Morgan fingerprint density at radius 2 is 2.15 bits per heavy atom. The molecule has 1 aliphatic rings. The highest BCUT2D eigenvalue weighted by Gasteiger charge is 2.28. The molecule has 1 fully saturated rings. The van der Waals surface area contributed by atoms with Crippen LogP contribution in [0.5, 0.6) is 5.75 Å². The van der Waals surface area contributed by atoms with E-state index in [1.807, 2.05) is 0 Å². The van der Waals surface area contributed by atoms with Crippen molar-refractivity contribution < 1.29 is 17.9 Å². The van der Waals surface area contributed by atoms with Crippen LogP contribution in [-0.2, 0) is 9.84 Å². The van der Waals surface area contributed by atoms with Gasteiger partial charge in [-0.1, -0.05) is 11.6 Å². The SMILES string of the molecule is COc1ccc(Cl)cc1NC(=O)c1ccnc(NC2CCS(=O)(=O)C2)n1. The van der Waals surface area contributed by atoms with Crippen LogP contribution in [0.15, 0.2) is 30.5 Å². The van der Waals surface area contributed by atoms with Crippen molar-refractivity contribution in [3.05, 3.63) is 41.2 Å². The van der Waals surface area contributed by atoms with Crippen LogP contribution in [-0.4, -0.2) is 49.0 Å². The highest BCUT2D eigenvalue weighted by molar-refractivity contribution is 7.91. The maximum atomic E-state index is 12.5. The van der Waals surface area contributed by atoms with E-state index < -0.39 is 15.7 Å². The van der Waals surface area contributed by atoms with Gasteiger partial charge in [-0.25, -0.2) is 18.4 Å². The van der Waals surface area contributed by atoms with Gasteiger partial charge in [0.1, 0.15) is 11.4 Å². The number of anilines is 2. The maximum absolute atomic E-state index is 12.5. The number of nitrogens with one attached hydrogen (secondary N) is 2. The molecular weight excluding hydrogens is 380 g/mol. The van der Waals surface area contributed by atoms with Crippen molar-refractivity contribution in [3.63, 3.8) is 0 Å². The largest absolute Gasteiger partial charge is 0.495 e. The summed E-state index contributed by atoms with van der Waals surface area (Å²) in [6.45, 7) is 0. The van der Waals surface area contributed by atoms with E-state index in [4.69, 9.17) is 16.3 Å². The summed E-state index contributed by atoms with van der Waals surface area (Å²) >= 11 is 5.96. The van der Waals surface area contributed by atoms with Gasteiger partial charge in [0, 0.05) is 17.3 Å². The molecule has 138 valence electrons. The van der Waals surface area contributed by atoms with Gasteiger partial charge in [-0.3, -0.25) is 4.79 Å². The van der Waals surface area contributed by atoms with Crippen molar-refractivity contribution in [2.45, 2.75) is 12.5 Å². The average molecular weight is 397 g/mol. The lowest BCUT2D eigenvalue weighted by molar-refractivity contribution is 0.102. The summed E-state index contributed by atoms with van der Waals surface area (Å²) in [5.41, 5.74) is 0.547. The van der Waals surface area contributed by atoms with Gasteiger partial charge in [-0.2, -0.15) is 0 Å². The van der Waals surface area contributed by atoms with Crippen LogP contribution < -0.4 is 15.4 Å². The van der Waals surface area contributed by atoms with Gasteiger partial charge < -0.3 is 15.4 Å². The molecule has 8 nitrogen and oxygen atoms in total. The third-order valence-electron chi connectivity index (χ3n) is 3.86. The van der Waals surface area contributed by atoms with E-state index in [0.29, 0.717) is 22.9 Å². The minimum atomic E-state index is -3.02. The van der Waals surface area contributed by atoms with E-state index in [1.54, 1.807) is 18.2 Å². The summed E-state index contributed by atoms with van der Waals surface area (Å²) in [5, 5.41) is 6.10. The van der Waals surface area contributed by atoms with Crippen molar-refractivity contribution in [2.75, 3.05) is 29.2 Å². The van der Waals surface area contributed by atoms with E-state index in [1.165, 1.54) is 19.4 Å². The number of carbonyl (C=O) groups is 1. The van der Waals surface area contributed by atoms with E-state index in [2.05, 4.69) is 20.6 Å². The molecule has 2 N–H and O–H groups in total. The zero-order valence-corrected chi connectivity index (χ0v) is 15.5. The monoisotopic (exact) mass is 396 g/mol. The minimum Gasteiger partial charge on any atom is -0.495 e. The molecule has 3 rings (SSSR count). The number of halogens is 1. The predicted octanol–water partition coefficient (Wildman–Crippen LogP) is 1.99. The lowest BCUT2D eigenvalue weighted by Crippen LogP contribution is -2.23. The first kappa shape index (κ1) is 18.4. The zero-order valence-electron chi connectivity index (χ0n) is 13.9. The Hall–Kier alpha value is -2.39. The molecule has 1 aliphatic heterocycles. The number of aromatic nitrogens is 2. The van der Waals surface area contributed by atoms with Crippen molar-refractivity contribution >= 4 is 39.0 Å². The van der Waals surface area contributed by atoms with Gasteiger partial charge in [0.15, 0.2) is 9.84 Å². The molecule has 1 atom stereocenters. The number of nitrogens with zero attached hydrogens (tertiary/aromatic N) is 2. The standard InChI is InChI=1S/C16H17ClN4O4S/c1-25-14-3-2-10(17)8-13(14)20-15(22)12-4-6-18-16(21-12)19-11-5-7-26(23,24)9-11/h2-4,6,8,11H,5,7,9H2,1H3,(H,20,22)(H,18,19,21). The zero-order chi connectivity index (χ0) is 18.7. The molecule has 1 aromatic carbocycles. The third kappa shape index (κ3) is 4.41. The Morgan fingerprint density at radius 1 is 1.35 bits per heavy atom. The first-order chi connectivity index (χ1) is 12.4. The molecule has 1 saturated heterocycles. The fraction of sp³-hybridized carbons (Fsp3) is 0.312. The van der Waals surface area contributed by atoms with Gasteiger partial charge in [-0.15, -0.1) is 0 Å². The number of rotatable bonds is 5. The van der Waals surface area contributed by atoms with Crippen molar-refractivity contribution in [3.8, 4) is 5.75 Å². The minimum absolute atomic E-state index is 0.0342. The summed E-state index contributed by atoms with van der Waals surface area (Å²) < 4.78 is 28.3. The quantitative estimate of drug-likeness (QED) is 0.795. The molecule has 0 radical (unpaired) electrons. The highest BCUT2D eigenvalue weighted by Crippen LogP contribution is 2.28. The molecule has 0 saturated carbocycles. The number of sulfone groups is 1. The summed E-state index contributed by atoms with van der Waals surface area (Å²) in [6.07, 6.45) is 1.92. The molecule has 0 spiro atoms. The summed E-state index contributed by atoms with van der Waals surface area (Å²) in [4.78, 5) is 20.7. The van der Waals surface area contributed by atoms with Crippen LogP contribution in [0, 0.1) is 0 Å². The van der Waals surface area contributed by atoms with Crippen LogP contribution in [0.1, 0.15) is 16.9 Å². The third-order valence-corrected chi connectivity index (χ3v) is 5.87. The Labute approximate surface area is 155 Å². The second-order valence-electron chi connectivity index (χ2n) is 5.81. The molecule has 0 aliphatic carbocycles. The van der Waals surface area contributed by atoms with Crippen LogP contribution in [0.4, 0.5) is 11.6 Å². The lowest BCUT2D eigenvalue weighted by atomic mass is 10.2. The smallest absolute Gasteiger partial charge is 0.274 e. The first-order valence-electron chi connectivity index (χ1n) is 7.81. The Morgan fingerprint density at radius 3 is 2.85 bits per heavy atom. The second kappa shape index (κ2) is 7.46. The summed E-state index contributed by atoms with van der Waals surface area (Å²) in [7, 11) is -1.53. The number of benzene rings is 1. The van der Waals surface area contributed by atoms with Gasteiger partial charge in [0.05, 0.1) is 24.3 Å².